The second kappa shape index (κ2) is 11.8. The van der Waals surface area contributed by atoms with Crippen LogP contribution in [0.15, 0.2) is 94.9 Å². The van der Waals surface area contributed by atoms with Crippen LogP contribution < -0.4 is 21.3 Å². The van der Waals surface area contributed by atoms with E-state index in [-0.39, 0.29) is 11.8 Å². The van der Waals surface area contributed by atoms with Crippen molar-refractivity contribution in [3.8, 4) is 0 Å². The molecule has 0 radical (unpaired) electrons. The number of amidine groups is 2. The molecule has 2 aliphatic rings. The fourth-order valence-corrected chi connectivity index (χ4v) is 4.04. The van der Waals surface area contributed by atoms with Gasteiger partial charge in [-0.25, -0.2) is 0 Å². The molecule has 0 unspecified atom stereocenters. The van der Waals surface area contributed by atoms with E-state index in [0.717, 1.165) is 71.5 Å². The number of hydrogen-bond donors (Lipinski definition) is 4. The molecule has 0 fully saturated rings. The van der Waals surface area contributed by atoms with E-state index in [9.17, 15) is 9.59 Å². The number of rotatable bonds is 8. The number of amides is 2. The Morgan fingerprint density at radius 1 is 0.605 bits per heavy atom. The molecule has 0 saturated heterocycles. The molecule has 5 rings (SSSR count). The van der Waals surface area contributed by atoms with E-state index >= 15 is 0 Å². The normalized spacial score (nSPS) is 14.6. The van der Waals surface area contributed by atoms with Crippen LogP contribution in [-0.2, 0) is 9.59 Å². The predicted octanol–water partition coefficient (Wildman–Crippen LogP) is 3.69. The molecule has 2 heterocycles. The first-order valence-electron chi connectivity index (χ1n) is 12.5. The monoisotopic (exact) mass is 504 g/mol. The minimum atomic E-state index is -0.213. The Kier molecular flexibility index (Phi) is 7.69. The van der Waals surface area contributed by atoms with Crippen molar-refractivity contribution in [2.24, 2.45) is 9.98 Å². The Bertz CT molecular complexity index is 1310. The van der Waals surface area contributed by atoms with Crippen molar-refractivity contribution in [2.45, 2.75) is 0 Å². The van der Waals surface area contributed by atoms with Gasteiger partial charge in [0.2, 0.25) is 11.8 Å². The van der Waals surface area contributed by atoms with Crippen LogP contribution >= 0.6 is 0 Å². The van der Waals surface area contributed by atoms with Gasteiger partial charge in [0, 0.05) is 47.7 Å². The molecule has 0 bridgehead atoms. The van der Waals surface area contributed by atoms with Gasteiger partial charge in [0.05, 0.1) is 13.1 Å². The molecule has 4 N–H and O–H groups in total. The Morgan fingerprint density at radius 2 is 1.00 bits per heavy atom. The zero-order valence-electron chi connectivity index (χ0n) is 20.8. The quantitative estimate of drug-likeness (QED) is 0.351. The van der Waals surface area contributed by atoms with Crippen LogP contribution in [0.5, 0.6) is 0 Å². The van der Waals surface area contributed by atoms with Crippen molar-refractivity contribution >= 4 is 47.0 Å². The summed E-state index contributed by atoms with van der Waals surface area (Å²) in [7, 11) is 0. The predicted molar refractivity (Wildman–Crippen MR) is 153 cm³/mol. The smallest absolute Gasteiger partial charge is 0.248 e. The second-order valence-electron chi connectivity index (χ2n) is 8.78. The molecule has 0 aromatic heterocycles. The van der Waals surface area contributed by atoms with E-state index in [1.54, 1.807) is 12.2 Å². The SMILES string of the molecule is O=C(/C=C/c1ccc(/C=C/C(=O)Nc2ccc(C3=NCCN3)cc2)cc1)Nc1ccc(C2=NCCN2)cc1. The molecule has 3 aromatic carbocycles. The summed E-state index contributed by atoms with van der Waals surface area (Å²) in [5, 5.41) is 12.2. The van der Waals surface area contributed by atoms with Gasteiger partial charge in [0.15, 0.2) is 0 Å². The number of hydrogen-bond acceptors (Lipinski definition) is 6. The molecule has 2 aliphatic heterocycles. The fraction of sp³-hybridized carbons (Fsp3) is 0.133. The van der Waals surface area contributed by atoms with Gasteiger partial charge in [0.1, 0.15) is 11.7 Å². The summed E-state index contributed by atoms with van der Waals surface area (Å²) in [5.41, 5.74) is 5.20. The molecular formula is C30H28N6O2. The Morgan fingerprint density at radius 3 is 1.34 bits per heavy atom. The van der Waals surface area contributed by atoms with Crippen molar-refractivity contribution in [2.75, 3.05) is 36.8 Å². The van der Waals surface area contributed by atoms with Crippen LogP contribution in [-0.4, -0.2) is 49.7 Å². The van der Waals surface area contributed by atoms with Crippen LogP contribution in [0.1, 0.15) is 22.3 Å². The van der Waals surface area contributed by atoms with Crippen molar-refractivity contribution in [1.29, 1.82) is 0 Å². The maximum atomic E-state index is 12.3. The molecule has 38 heavy (non-hydrogen) atoms. The van der Waals surface area contributed by atoms with E-state index in [1.807, 2.05) is 72.8 Å². The van der Waals surface area contributed by atoms with E-state index in [2.05, 4.69) is 31.3 Å². The van der Waals surface area contributed by atoms with Crippen LogP contribution in [0.2, 0.25) is 0 Å². The van der Waals surface area contributed by atoms with Crippen LogP contribution in [0.4, 0.5) is 11.4 Å². The maximum absolute atomic E-state index is 12.3. The number of anilines is 2. The Hall–Kier alpha value is -4.98. The van der Waals surface area contributed by atoms with Crippen LogP contribution in [0.25, 0.3) is 12.2 Å². The summed E-state index contributed by atoms with van der Waals surface area (Å²) >= 11 is 0. The molecule has 8 nitrogen and oxygen atoms in total. The summed E-state index contributed by atoms with van der Waals surface area (Å²) in [4.78, 5) is 33.4. The van der Waals surface area contributed by atoms with Crippen molar-refractivity contribution in [3.63, 3.8) is 0 Å². The van der Waals surface area contributed by atoms with Gasteiger partial charge in [-0.2, -0.15) is 0 Å². The summed E-state index contributed by atoms with van der Waals surface area (Å²) < 4.78 is 0. The highest BCUT2D eigenvalue weighted by atomic mass is 16.2. The molecule has 0 aliphatic carbocycles. The maximum Gasteiger partial charge on any atom is 0.248 e. The topological polar surface area (TPSA) is 107 Å². The van der Waals surface area contributed by atoms with Gasteiger partial charge in [-0.05, 0) is 71.8 Å². The number of nitrogens with zero attached hydrogens (tertiary/aromatic N) is 2. The number of nitrogens with one attached hydrogen (secondary N) is 4. The molecule has 0 saturated carbocycles. The largest absolute Gasteiger partial charge is 0.368 e. The lowest BCUT2D eigenvalue weighted by Crippen LogP contribution is -2.19. The number of carbonyl (C=O) groups excluding carboxylic acids is 2. The van der Waals surface area contributed by atoms with Gasteiger partial charge in [-0.3, -0.25) is 19.6 Å². The number of carbonyl (C=O) groups is 2. The molecule has 190 valence electrons. The van der Waals surface area contributed by atoms with Crippen molar-refractivity contribution in [1.82, 2.24) is 10.6 Å². The van der Waals surface area contributed by atoms with Crippen LogP contribution in [0, 0.1) is 0 Å². The summed E-state index contributed by atoms with van der Waals surface area (Å²) in [6, 6.07) is 22.7. The van der Waals surface area contributed by atoms with Gasteiger partial charge in [-0.15, -0.1) is 0 Å². The summed E-state index contributed by atoms with van der Waals surface area (Å²) in [5.74, 6) is 1.35. The lowest BCUT2D eigenvalue weighted by Gasteiger charge is -2.05. The molecular weight excluding hydrogens is 476 g/mol. The minimum absolute atomic E-state index is 0.213. The zero-order chi connectivity index (χ0) is 26.2. The summed E-state index contributed by atoms with van der Waals surface area (Å²) in [6.45, 7) is 3.29. The average Bonchev–Trinajstić information content (AvgIpc) is 3.68. The lowest BCUT2D eigenvalue weighted by molar-refractivity contribution is -0.112. The highest BCUT2D eigenvalue weighted by Gasteiger charge is 2.09. The minimum Gasteiger partial charge on any atom is -0.368 e. The number of benzene rings is 3. The van der Waals surface area contributed by atoms with Gasteiger partial charge >= 0.3 is 0 Å². The molecule has 0 atom stereocenters. The molecule has 3 aromatic rings. The van der Waals surface area contributed by atoms with Crippen molar-refractivity contribution in [3.05, 3.63) is 107 Å². The number of aliphatic imine (C=N–C) groups is 2. The second-order valence-corrected chi connectivity index (χ2v) is 8.78. The van der Waals surface area contributed by atoms with Crippen molar-refractivity contribution < 1.29 is 9.59 Å². The average molecular weight is 505 g/mol. The lowest BCUT2D eigenvalue weighted by atomic mass is 10.1. The molecule has 8 heteroatoms. The Balaban J connectivity index is 1.09. The first kappa shape index (κ1) is 24.7. The standard InChI is InChI=1S/C30H28N6O2/c37-27(35-25-11-7-23(8-12-25)29-31-17-18-32-29)15-5-21-1-2-22(4-3-21)6-16-28(38)36-26-13-9-24(10-14-26)30-33-19-20-34-30/h1-16H,17-20H2,(H,31,32)(H,33,34)(H,35,37)(H,36,38)/b15-5+,16-6+. The van der Waals surface area contributed by atoms with E-state index in [4.69, 9.17) is 0 Å². The highest BCUT2D eigenvalue weighted by molar-refractivity contribution is 6.04. The first-order valence-corrected chi connectivity index (χ1v) is 12.5. The molecule has 0 spiro atoms. The summed E-state index contributed by atoms with van der Waals surface area (Å²) in [6.07, 6.45) is 6.49. The zero-order valence-corrected chi connectivity index (χ0v) is 20.8. The van der Waals surface area contributed by atoms with E-state index in [0.29, 0.717) is 0 Å². The van der Waals surface area contributed by atoms with Gasteiger partial charge in [0.25, 0.3) is 0 Å². The third-order valence-electron chi connectivity index (χ3n) is 5.99. The van der Waals surface area contributed by atoms with Gasteiger partial charge in [-0.1, -0.05) is 24.3 Å². The Labute approximate surface area is 221 Å². The van der Waals surface area contributed by atoms with Crippen LogP contribution in [0.3, 0.4) is 0 Å². The fourth-order valence-electron chi connectivity index (χ4n) is 4.04. The van der Waals surface area contributed by atoms with Gasteiger partial charge < -0.3 is 21.3 Å². The van der Waals surface area contributed by atoms with E-state index in [1.165, 1.54) is 12.2 Å². The molecule has 2 amide bonds. The third kappa shape index (κ3) is 6.61. The third-order valence-corrected chi connectivity index (χ3v) is 5.99. The highest BCUT2D eigenvalue weighted by Crippen LogP contribution is 2.14. The first-order chi connectivity index (χ1) is 18.6. The van der Waals surface area contributed by atoms with E-state index < -0.39 is 0 Å².